The Morgan fingerprint density at radius 3 is 2.58 bits per heavy atom. The summed E-state index contributed by atoms with van der Waals surface area (Å²) in [6, 6.07) is 16.3. The minimum Gasteiger partial charge on any atom is -0.326 e. The Hall–Kier alpha value is -3.13. The molecule has 0 aliphatic heterocycles. The van der Waals surface area contributed by atoms with Gasteiger partial charge in [-0.2, -0.15) is 5.26 Å². The molecule has 2 amide bonds. The second kappa shape index (κ2) is 7.93. The summed E-state index contributed by atoms with van der Waals surface area (Å²) in [5.41, 5.74) is 2.89. The Morgan fingerprint density at radius 2 is 1.92 bits per heavy atom. The van der Waals surface area contributed by atoms with Crippen molar-refractivity contribution < 1.29 is 9.59 Å². The molecule has 0 bridgehead atoms. The fourth-order valence-corrected chi connectivity index (χ4v) is 2.37. The molecule has 2 rings (SSSR count). The van der Waals surface area contributed by atoms with Crippen molar-refractivity contribution in [2.75, 3.05) is 16.8 Å². The normalized spacial score (nSPS) is 9.88. The summed E-state index contributed by atoms with van der Waals surface area (Å²) in [5, 5.41) is 11.6. The van der Waals surface area contributed by atoms with Gasteiger partial charge < -0.3 is 10.2 Å². The average molecular weight is 321 g/mol. The van der Waals surface area contributed by atoms with Crippen molar-refractivity contribution in [3.63, 3.8) is 0 Å². The fourth-order valence-electron chi connectivity index (χ4n) is 2.37. The lowest BCUT2D eigenvalue weighted by atomic mass is 10.2. The van der Waals surface area contributed by atoms with Crippen molar-refractivity contribution in [3.8, 4) is 6.07 Å². The molecule has 5 heteroatoms. The van der Waals surface area contributed by atoms with Crippen molar-refractivity contribution in [1.82, 2.24) is 0 Å². The molecule has 0 unspecified atom stereocenters. The van der Waals surface area contributed by atoms with E-state index in [2.05, 4.69) is 5.32 Å². The van der Waals surface area contributed by atoms with Gasteiger partial charge in [0.15, 0.2) is 0 Å². The van der Waals surface area contributed by atoms with Crippen LogP contribution in [0.5, 0.6) is 0 Å². The number of anilines is 2. The fraction of sp³-hybridized carbons (Fsp3) is 0.211. The van der Waals surface area contributed by atoms with Gasteiger partial charge in [-0.25, -0.2) is 0 Å². The standard InChI is InChI=1S/C19H19N3O2/c1-14-5-3-8-18(11-14)22(15(2)23)10-9-19(24)21-17-7-4-6-16(12-17)13-20/h3-8,11-12H,9-10H2,1-2H3,(H,21,24). The van der Waals surface area contributed by atoms with Crippen molar-refractivity contribution in [1.29, 1.82) is 5.26 Å². The van der Waals surface area contributed by atoms with E-state index in [0.717, 1.165) is 11.3 Å². The minimum absolute atomic E-state index is 0.111. The predicted molar refractivity (Wildman–Crippen MR) is 93.6 cm³/mol. The summed E-state index contributed by atoms with van der Waals surface area (Å²) in [6.45, 7) is 3.73. The molecule has 0 spiro atoms. The lowest BCUT2D eigenvalue weighted by molar-refractivity contribution is -0.117. The smallest absolute Gasteiger partial charge is 0.226 e. The van der Waals surface area contributed by atoms with Gasteiger partial charge in [-0.15, -0.1) is 0 Å². The molecule has 0 radical (unpaired) electrons. The first kappa shape index (κ1) is 17.2. The Balaban J connectivity index is 2.00. The van der Waals surface area contributed by atoms with E-state index in [0.29, 0.717) is 17.8 Å². The zero-order valence-corrected chi connectivity index (χ0v) is 13.7. The molecular weight excluding hydrogens is 302 g/mol. The molecule has 0 saturated carbocycles. The summed E-state index contributed by atoms with van der Waals surface area (Å²) in [4.78, 5) is 25.6. The molecule has 0 aliphatic rings. The second-order valence-electron chi connectivity index (χ2n) is 5.50. The monoisotopic (exact) mass is 321 g/mol. The van der Waals surface area contributed by atoms with Gasteiger partial charge in [-0.3, -0.25) is 9.59 Å². The topological polar surface area (TPSA) is 73.2 Å². The van der Waals surface area contributed by atoms with Crippen molar-refractivity contribution in [2.24, 2.45) is 0 Å². The molecule has 2 aromatic rings. The second-order valence-corrected chi connectivity index (χ2v) is 5.50. The molecule has 1 N–H and O–H groups in total. The molecule has 5 nitrogen and oxygen atoms in total. The molecule has 0 heterocycles. The van der Waals surface area contributed by atoms with Crippen LogP contribution in [0.4, 0.5) is 11.4 Å². The van der Waals surface area contributed by atoms with Gasteiger partial charge in [0, 0.05) is 31.3 Å². The van der Waals surface area contributed by atoms with Crippen LogP contribution < -0.4 is 10.2 Å². The summed E-state index contributed by atoms with van der Waals surface area (Å²) >= 11 is 0. The van der Waals surface area contributed by atoms with Crippen LogP contribution in [0.15, 0.2) is 48.5 Å². The Bertz CT molecular complexity index is 793. The number of carbonyl (C=O) groups is 2. The van der Waals surface area contributed by atoms with Crippen molar-refractivity contribution >= 4 is 23.2 Å². The highest BCUT2D eigenvalue weighted by atomic mass is 16.2. The van der Waals surface area contributed by atoms with E-state index >= 15 is 0 Å². The molecule has 0 saturated heterocycles. The van der Waals surface area contributed by atoms with Gasteiger partial charge in [0.05, 0.1) is 11.6 Å². The summed E-state index contributed by atoms with van der Waals surface area (Å²) in [6.07, 6.45) is 0.171. The maximum absolute atomic E-state index is 12.1. The third-order valence-electron chi connectivity index (χ3n) is 3.53. The van der Waals surface area contributed by atoms with Crippen molar-refractivity contribution in [3.05, 3.63) is 59.7 Å². The number of hydrogen-bond donors (Lipinski definition) is 1. The van der Waals surface area contributed by atoms with Gasteiger partial charge in [-0.1, -0.05) is 18.2 Å². The lowest BCUT2D eigenvalue weighted by Crippen LogP contribution is -2.32. The SMILES string of the molecule is CC(=O)N(CCC(=O)Nc1cccc(C#N)c1)c1cccc(C)c1. The number of aryl methyl sites for hydroxylation is 1. The molecule has 0 aliphatic carbocycles. The van der Waals surface area contributed by atoms with Crippen molar-refractivity contribution in [2.45, 2.75) is 20.3 Å². The Kier molecular flexibility index (Phi) is 5.69. The Labute approximate surface area is 141 Å². The summed E-state index contributed by atoms with van der Waals surface area (Å²) in [5.74, 6) is -0.316. The van der Waals surface area contributed by atoms with E-state index in [9.17, 15) is 9.59 Å². The van der Waals surface area contributed by atoms with E-state index in [1.807, 2.05) is 37.3 Å². The summed E-state index contributed by atoms with van der Waals surface area (Å²) in [7, 11) is 0. The zero-order valence-electron chi connectivity index (χ0n) is 13.7. The first-order chi connectivity index (χ1) is 11.5. The number of rotatable bonds is 5. The zero-order chi connectivity index (χ0) is 17.5. The Morgan fingerprint density at radius 1 is 1.17 bits per heavy atom. The number of carbonyl (C=O) groups excluding carboxylic acids is 2. The molecule has 2 aromatic carbocycles. The minimum atomic E-state index is -0.205. The summed E-state index contributed by atoms with van der Waals surface area (Å²) < 4.78 is 0. The van der Waals surface area contributed by atoms with Crippen LogP contribution in [0.1, 0.15) is 24.5 Å². The predicted octanol–water partition coefficient (Wildman–Crippen LogP) is 3.25. The molecule has 0 atom stereocenters. The van der Waals surface area contributed by atoms with E-state index in [1.165, 1.54) is 6.92 Å². The lowest BCUT2D eigenvalue weighted by Gasteiger charge is -2.21. The van der Waals surface area contributed by atoms with Gasteiger partial charge in [0.1, 0.15) is 0 Å². The van der Waals surface area contributed by atoms with Crippen LogP contribution in [-0.2, 0) is 9.59 Å². The van der Waals surface area contributed by atoms with E-state index < -0.39 is 0 Å². The number of nitriles is 1. The van der Waals surface area contributed by atoms with E-state index in [-0.39, 0.29) is 18.2 Å². The molecule has 0 fully saturated rings. The number of hydrogen-bond acceptors (Lipinski definition) is 3. The van der Waals surface area contributed by atoms with E-state index in [1.54, 1.807) is 29.2 Å². The van der Waals surface area contributed by atoms with Crippen LogP contribution in [0.2, 0.25) is 0 Å². The van der Waals surface area contributed by atoms with Crippen LogP contribution in [0.25, 0.3) is 0 Å². The van der Waals surface area contributed by atoms with Crippen LogP contribution >= 0.6 is 0 Å². The first-order valence-electron chi connectivity index (χ1n) is 7.64. The molecule has 122 valence electrons. The van der Waals surface area contributed by atoms with Gasteiger partial charge in [0.2, 0.25) is 11.8 Å². The van der Waals surface area contributed by atoms with Crippen LogP contribution in [0, 0.1) is 18.3 Å². The van der Waals surface area contributed by atoms with Gasteiger partial charge >= 0.3 is 0 Å². The third-order valence-corrected chi connectivity index (χ3v) is 3.53. The van der Waals surface area contributed by atoms with E-state index in [4.69, 9.17) is 5.26 Å². The molecular formula is C19H19N3O2. The quantitative estimate of drug-likeness (QED) is 0.918. The van der Waals surface area contributed by atoms with Crippen LogP contribution in [0.3, 0.4) is 0 Å². The van der Waals surface area contributed by atoms with Gasteiger partial charge in [0.25, 0.3) is 0 Å². The van der Waals surface area contributed by atoms with Crippen LogP contribution in [-0.4, -0.2) is 18.4 Å². The molecule has 24 heavy (non-hydrogen) atoms. The number of nitrogens with zero attached hydrogens (tertiary/aromatic N) is 2. The third kappa shape index (κ3) is 4.68. The number of nitrogens with one attached hydrogen (secondary N) is 1. The highest BCUT2D eigenvalue weighted by Gasteiger charge is 2.13. The highest BCUT2D eigenvalue weighted by Crippen LogP contribution is 2.17. The number of benzene rings is 2. The highest BCUT2D eigenvalue weighted by molar-refractivity contribution is 5.94. The first-order valence-corrected chi connectivity index (χ1v) is 7.64. The van der Waals surface area contributed by atoms with Gasteiger partial charge in [-0.05, 0) is 42.8 Å². The maximum Gasteiger partial charge on any atom is 0.226 e. The average Bonchev–Trinajstić information content (AvgIpc) is 2.55. The maximum atomic E-state index is 12.1. The number of amides is 2. The molecule has 0 aromatic heterocycles. The largest absolute Gasteiger partial charge is 0.326 e.